The van der Waals surface area contributed by atoms with E-state index in [0.29, 0.717) is 0 Å². The number of hydrogen-bond donors (Lipinski definition) is 0. The van der Waals surface area contributed by atoms with Gasteiger partial charge in [-0.1, -0.05) is 41.5 Å². The molecule has 28 heavy (non-hydrogen) atoms. The van der Waals surface area contributed by atoms with Gasteiger partial charge in [0.25, 0.3) is 0 Å². The van der Waals surface area contributed by atoms with Crippen molar-refractivity contribution < 1.29 is 0 Å². The molecule has 0 saturated carbocycles. The van der Waals surface area contributed by atoms with E-state index in [1.165, 1.54) is 22.3 Å². The van der Waals surface area contributed by atoms with Gasteiger partial charge in [-0.05, 0) is 59.1 Å². The van der Waals surface area contributed by atoms with Crippen LogP contribution < -0.4 is 9.80 Å². The van der Waals surface area contributed by atoms with Gasteiger partial charge in [-0.3, -0.25) is 0 Å². The zero-order valence-electron chi connectivity index (χ0n) is 20.1. The monoisotopic (exact) mass is 384 g/mol. The molecule has 0 aliphatic rings. The molecule has 0 radical (unpaired) electrons. The molecule has 0 amide bonds. The average molecular weight is 385 g/mol. The summed E-state index contributed by atoms with van der Waals surface area (Å²) in [5.41, 5.74) is 5.64. The fraction of sp³-hybridized carbons (Fsp3) is 0.583. The van der Waals surface area contributed by atoms with Gasteiger partial charge >= 0.3 is 0 Å². The zero-order valence-corrected chi connectivity index (χ0v) is 20.1. The Labute approximate surface area is 173 Å². The van der Waals surface area contributed by atoms with Gasteiger partial charge in [0.1, 0.15) is 11.6 Å². The van der Waals surface area contributed by atoms with Crippen molar-refractivity contribution in [2.45, 2.75) is 66.2 Å². The van der Waals surface area contributed by atoms with Gasteiger partial charge in [0.2, 0.25) is 0 Å². The smallest absolute Gasteiger partial charge is 0.128 e. The summed E-state index contributed by atoms with van der Waals surface area (Å²) in [7, 11) is 8.05. The molecule has 0 unspecified atom stereocenters. The third kappa shape index (κ3) is 6.50. The van der Waals surface area contributed by atoms with Crippen LogP contribution in [0.3, 0.4) is 0 Å². The van der Waals surface area contributed by atoms with Gasteiger partial charge in [0, 0.05) is 40.6 Å². The number of aromatic nitrogens is 2. The van der Waals surface area contributed by atoms with Gasteiger partial charge in [0.05, 0.1) is 0 Å². The second-order valence-corrected chi connectivity index (χ2v) is 10.0. The maximum absolute atomic E-state index is 4.43. The highest BCUT2D eigenvalue weighted by Gasteiger charge is 2.18. The lowest BCUT2D eigenvalue weighted by atomic mass is 9.85. The molecule has 4 heteroatoms. The molecule has 0 aromatic carbocycles. The fourth-order valence-electron chi connectivity index (χ4n) is 3.14. The van der Waals surface area contributed by atoms with Crippen LogP contribution in [0.5, 0.6) is 0 Å². The molecule has 156 valence electrons. The third-order valence-corrected chi connectivity index (χ3v) is 4.73. The van der Waals surface area contributed by atoms with E-state index in [4.69, 9.17) is 0 Å². The summed E-state index contributed by atoms with van der Waals surface area (Å²) in [5, 5.41) is 0. The van der Waals surface area contributed by atoms with Crippen LogP contribution in [0.1, 0.15) is 63.8 Å². The number of anilines is 2. The first-order valence-corrected chi connectivity index (χ1v) is 9.93. The van der Waals surface area contributed by atoms with Crippen LogP contribution in [0.15, 0.2) is 24.5 Å². The minimum atomic E-state index is 0.182. The second-order valence-electron chi connectivity index (χ2n) is 10.0. The van der Waals surface area contributed by atoms with Crippen molar-refractivity contribution in [2.24, 2.45) is 0 Å². The van der Waals surface area contributed by atoms with Crippen molar-refractivity contribution in [3.05, 3.63) is 46.8 Å². The molecule has 2 aromatic heterocycles. The summed E-state index contributed by atoms with van der Waals surface area (Å²) in [6.07, 6.45) is 3.98. The van der Waals surface area contributed by atoms with E-state index >= 15 is 0 Å². The molecule has 0 spiro atoms. The average Bonchev–Trinajstić information content (AvgIpc) is 2.52. The Morgan fingerprint density at radius 2 is 0.893 bits per heavy atom. The molecule has 2 aromatic rings. The maximum atomic E-state index is 4.43. The predicted molar refractivity (Wildman–Crippen MR) is 124 cm³/mol. The lowest BCUT2D eigenvalue weighted by molar-refractivity contribution is 0.583. The summed E-state index contributed by atoms with van der Waals surface area (Å²) in [5.74, 6) is 2.05. The molecule has 0 N–H and O–H groups in total. The topological polar surface area (TPSA) is 32.3 Å². The van der Waals surface area contributed by atoms with E-state index in [-0.39, 0.29) is 10.8 Å². The zero-order chi connectivity index (χ0) is 21.9. The van der Waals surface area contributed by atoms with Crippen LogP contribution in [-0.4, -0.2) is 38.2 Å². The summed E-state index contributed by atoms with van der Waals surface area (Å²) in [6.45, 7) is 17.6. The normalized spacial score (nSPS) is 11.6. The number of nitrogens with zero attached hydrogens (tertiary/aromatic N) is 4. The van der Waals surface area contributed by atoms with E-state index in [9.17, 15) is 0 Å². The Kier molecular flexibility index (Phi) is 7.64. The number of hydrogen-bond acceptors (Lipinski definition) is 4. The Hall–Kier alpha value is -2.10. The summed E-state index contributed by atoms with van der Waals surface area (Å²) in [6, 6.07) is 4.28. The minimum Gasteiger partial charge on any atom is -0.363 e. The first kappa shape index (κ1) is 23.9. The highest BCUT2D eigenvalue weighted by atomic mass is 15.1. The first-order valence-electron chi connectivity index (χ1n) is 9.93. The van der Waals surface area contributed by atoms with Crippen LogP contribution in [0.25, 0.3) is 0 Å². The SMILES string of the molecule is Cc1cc(N(C)C)ncc1C(C)(C)C.Cc1cc(N(C)C)ncc1C(C)(C)C. The highest BCUT2D eigenvalue weighted by molar-refractivity contribution is 5.44. The van der Waals surface area contributed by atoms with E-state index in [1.54, 1.807) is 0 Å². The molecular weight excluding hydrogens is 344 g/mol. The summed E-state index contributed by atoms with van der Waals surface area (Å²) >= 11 is 0. The Balaban J connectivity index is 0.000000280. The molecular formula is C24H40N4. The predicted octanol–water partition coefficient (Wildman–Crippen LogP) is 5.51. The molecule has 2 rings (SSSR count). The molecule has 0 fully saturated rings. The van der Waals surface area contributed by atoms with Crippen molar-refractivity contribution in [1.82, 2.24) is 9.97 Å². The van der Waals surface area contributed by atoms with E-state index in [1.807, 2.05) is 50.4 Å². The summed E-state index contributed by atoms with van der Waals surface area (Å²) in [4.78, 5) is 12.9. The molecule has 0 atom stereocenters. The third-order valence-electron chi connectivity index (χ3n) is 4.73. The van der Waals surface area contributed by atoms with E-state index in [2.05, 4.69) is 77.5 Å². The van der Waals surface area contributed by atoms with Crippen LogP contribution in [0.2, 0.25) is 0 Å². The maximum Gasteiger partial charge on any atom is 0.128 e. The molecule has 2 heterocycles. The van der Waals surface area contributed by atoms with Gasteiger partial charge in [0.15, 0.2) is 0 Å². The second kappa shape index (κ2) is 8.93. The van der Waals surface area contributed by atoms with Crippen LogP contribution in [-0.2, 0) is 10.8 Å². The van der Waals surface area contributed by atoms with E-state index < -0.39 is 0 Å². The van der Waals surface area contributed by atoms with Crippen LogP contribution in [0, 0.1) is 13.8 Å². The standard InChI is InChI=1S/2C12H20N2/c2*1-9-7-11(14(5)6)13-8-10(9)12(2,3)4/h2*7-8H,1-6H3. The largest absolute Gasteiger partial charge is 0.363 e. The Bertz CT molecular complexity index is 711. The number of rotatable bonds is 2. The molecule has 4 nitrogen and oxygen atoms in total. The lowest BCUT2D eigenvalue weighted by Crippen LogP contribution is -2.16. The Morgan fingerprint density at radius 3 is 1.07 bits per heavy atom. The van der Waals surface area contributed by atoms with Crippen molar-refractivity contribution in [1.29, 1.82) is 0 Å². The van der Waals surface area contributed by atoms with Crippen molar-refractivity contribution in [2.75, 3.05) is 38.0 Å². The van der Waals surface area contributed by atoms with Crippen LogP contribution in [0.4, 0.5) is 11.6 Å². The fourth-order valence-corrected chi connectivity index (χ4v) is 3.14. The van der Waals surface area contributed by atoms with Crippen molar-refractivity contribution in [3.8, 4) is 0 Å². The van der Waals surface area contributed by atoms with Crippen molar-refractivity contribution >= 4 is 11.6 Å². The van der Waals surface area contributed by atoms with Gasteiger partial charge in [-0.2, -0.15) is 0 Å². The first-order chi connectivity index (χ1) is 12.6. The number of aryl methyl sites for hydroxylation is 2. The molecule has 0 saturated heterocycles. The minimum absolute atomic E-state index is 0.182. The number of pyridine rings is 2. The van der Waals surface area contributed by atoms with Gasteiger partial charge in [-0.15, -0.1) is 0 Å². The Morgan fingerprint density at radius 1 is 0.607 bits per heavy atom. The molecule has 0 bridgehead atoms. The van der Waals surface area contributed by atoms with Gasteiger partial charge < -0.3 is 9.80 Å². The highest BCUT2D eigenvalue weighted by Crippen LogP contribution is 2.27. The van der Waals surface area contributed by atoms with Gasteiger partial charge in [-0.25, -0.2) is 9.97 Å². The molecule has 0 aliphatic carbocycles. The van der Waals surface area contributed by atoms with Crippen molar-refractivity contribution in [3.63, 3.8) is 0 Å². The summed E-state index contributed by atoms with van der Waals surface area (Å²) < 4.78 is 0. The van der Waals surface area contributed by atoms with E-state index in [0.717, 1.165) is 11.6 Å². The molecule has 0 aliphatic heterocycles. The quantitative estimate of drug-likeness (QED) is 0.683. The lowest BCUT2D eigenvalue weighted by Gasteiger charge is -2.22. The van der Waals surface area contributed by atoms with Crippen LogP contribution >= 0.6 is 0 Å².